The van der Waals surface area contributed by atoms with Crippen molar-refractivity contribution in [3.05, 3.63) is 65.7 Å². The third-order valence-corrected chi connectivity index (χ3v) is 6.06. The van der Waals surface area contributed by atoms with Gasteiger partial charge in [0.05, 0.1) is 12.3 Å². The number of para-hydroxylation sites is 1. The van der Waals surface area contributed by atoms with E-state index in [1.54, 1.807) is 29.2 Å². The molecular weight excluding hydrogens is 436 g/mol. The van der Waals surface area contributed by atoms with Crippen LogP contribution >= 0.6 is 0 Å². The van der Waals surface area contributed by atoms with Crippen molar-refractivity contribution >= 4 is 29.6 Å². The van der Waals surface area contributed by atoms with Crippen molar-refractivity contribution in [2.45, 2.75) is 33.0 Å². The van der Waals surface area contributed by atoms with E-state index in [9.17, 15) is 19.2 Å². The number of amides is 6. The second-order valence-corrected chi connectivity index (χ2v) is 8.87. The SMILES string of the molecule is CC(=O)N1C(=O)N(COCc2ccccc2)C(=O)C12c1ccccc1N(CC(C)C)C(=O)N2C. The predicted molar refractivity (Wildman–Crippen MR) is 124 cm³/mol. The van der Waals surface area contributed by atoms with Crippen LogP contribution in [0.4, 0.5) is 15.3 Å². The smallest absolute Gasteiger partial charge is 0.338 e. The molecular formula is C25H28N4O5. The number of benzene rings is 2. The van der Waals surface area contributed by atoms with Gasteiger partial charge in [-0.1, -0.05) is 62.4 Å². The summed E-state index contributed by atoms with van der Waals surface area (Å²) in [5.41, 5.74) is -0.143. The van der Waals surface area contributed by atoms with Crippen LogP contribution in [0.2, 0.25) is 0 Å². The number of ether oxygens (including phenoxy) is 1. The number of imide groups is 2. The summed E-state index contributed by atoms with van der Waals surface area (Å²) >= 11 is 0. The van der Waals surface area contributed by atoms with E-state index in [0.717, 1.165) is 15.4 Å². The van der Waals surface area contributed by atoms with E-state index in [1.165, 1.54) is 18.9 Å². The summed E-state index contributed by atoms with van der Waals surface area (Å²) in [5.74, 6) is -1.18. The van der Waals surface area contributed by atoms with Crippen LogP contribution in [0.5, 0.6) is 0 Å². The molecule has 9 nitrogen and oxygen atoms in total. The summed E-state index contributed by atoms with van der Waals surface area (Å²) < 4.78 is 5.66. The largest absolute Gasteiger partial charge is 0.356 e. The molecule has 1 spiro atoms. The first-order valence-corrected chi connectivity index (χ1v) is 11.1. The normalized spacial score (nSPS) is 20.1. The molecule has 1 fully saturated rings. The Morgan fingerprint density at radius 3 is 2.24 bits per heavy atom. The zero-order valence-corrected chi connectivity index (χ0v) is 19.7. The van der Waals surface area contributed by atoms with E-state index in [-0.39, 0.29) is 19.3 Å². The average Bonchev–Trinajstić information content (AvgIpc) is 3.03. The molecule has 9 heteroatoms. The first-order chi connectivity index (χ1) is 16.2. The standard InChI is InChI=1S/C25H28N4O5/c1-17(2)14-27-21-13-9-8-12-20(21)25(26(4)23(27)32)22(31)28(24(33)29(25)18(3)30)16-34-15-19-10-6-5-7-11-19/h5-13,17H,14-16H2,1-4H3. The molecule has 2 aromatic carbocycles. The van der Waals surface area contributed by atoms with E-state index < -0.39 is 29.5 Å². The van der Waals surface area contributed by atoms with Crippen LogP contribution in [0.1, 0.15) is 31.9 Å². The maximum absolute atomic E-state index is 13.9. The van der Waals surface area contributed by atoms with Crippen molar-refractivity contribution in [1.29, 1.82) is 0 Å². The van der Waals surface area contributed by atoms with Crippen molar-refractivity contribution < 1.29 is 23.9 Å². The Labute approximate surface area is 198 Å². The molecule has 0 N–H and O–H groups in total. The molecule has 2 heterocycles. The van der Waals surface area contributed by atoms with E-state index in [4.69, 9.17) is 4.74 Å². The second-order valence-electron chi connectivity index (χ2n) is 8.87. The minimum atomic E-state index is -1.92. The molecule has 0 aliphatic carbocycles. The number of anilines is 1. The highest BCUT2D eigenvalue weighted by Gasteiger charge is 2.67. The van der Waals surface area contributed by atoms with E-state index in [0.29, 0.717) is 17.8 Å². The van der Waals surface area contributed by atoms with Crippen LogP contribution in [-0.2, 0) is 26.6 Å². The fraction of sp³-hybridized carbons (Fsp3) is 0.360. The fourth-order valence-electron chi connectivity index (χ4n) is 4.61. The van der Waals surface area contributed by atoms with Gasteiger partial charge in [0, 0.05) is 26.1 Å². The highest BCUT2D eigenvalue weighted by Crippen LogP contribution is 2.47. The van der Waals surface area contributed by atoms with E-state index in [2.05, 4.69) is 0 Å². The number of nitrogens with zero attached hydrogens (tertiary/aromatic N) is 4. The number of hydrogen-bond acceptors (Lipinski definition) is 5. The maximum Gasteiger partial charge on any atom is 0.338 e. The fourth-order valence-corrected chi connectivity index (χ4v) is 4.61. The molecule has 1 unspecified atom stereocenters. The number of carbonyl (C=O) groups excluding carboxylic acids is 4. The number of carbonyl (C=O) groups is 4. The molecule has 1 atom stereocenters. The molecule has 0 bridgehead atoms. The lowest BCUT2D eigenvalue weighted by molar-refractivity contribution is -0.150. The van der Waals surface area contributed by atoms with Gasteiger partial charge in [-0.3, -0.25) is 19.4 Å². The van der Waals surface area contributed by atoms with Crippen LogP contribution in [0.15, 0.2) is 54.6 Å². The maximum atomic E-state index is 13.9. The number of urea groups is 2. The Balaban J connectivity index is 1.76. The number of likely N-dealkylation sites (N-methyl/N-ethyl adjacent to an activating group) is 1. The number of hydrogen-bond donors (Lipinski definition) is 0. The van der Waals surface area contributed by atoms with E-state index >= 15 is 0 Å². The zero-order valence-electron chi connectivity index (χ0n) is 19.7. The first-order valence-electron chi connectivity index (χ1n) is 11.1. The van der Waals surface area contributed by atoms with Gasteiger partial charge < -0.3 is 4.74 Å². The van der Waals surface area contributed by atoms with Gasteiger partial charge in [0.15, 0.2) is 0 Å². The molecule has 34 heavy (non-hydrogen) atoms. The Hall–Kier alpha value is -3.72. The highest BCUT2D eigenvalue weighted by molar-refractivity contribution is 6.17. The summed E-state index contributed by atoms with van der Waals surface area (Å²) in [6.45, 7) is 5.43. The summed E-state index contributed by atoms with van der Waals surface area (Å²) in [4.78, 5) is 58.1. The van der Waals surface area contributed by atoms with Gasteiger partial charge in [-0.15, -0.1) is 0 Å². The Bertz CT molecular complexity index is 1140. The third kappa shape index (κ3) is 3.52. The highest BCUT2D eigenvalue weighted by atomic mass is 16.5. The van der Waals surface area contributed by atoms with Crippen molar-refractivity contribution in [2.75, 3.05) is 25.2 Å². The van der Waals surface area contributed by atoms with Crippen LogP contribution in [0.3, 0.4) is 0 Å². The third-order valence-electron chi connectivity index (χ3n) is 6.06. The number of fused-ring (bicyclic) bond motifs is 2. The quantitative estimate of drug-likeness (QED) is 0.612. The van der Waals surface area contributed by atoms with Crippen LogP contribution < -0.4 is 4.90 Å². The van der Waals surface area contributed by atoms with Gasteiger partial charge in [-0.05, 0) is 17.5 Å². The summed E-state index contributed by atoms with van der Waals surface area (Å²) in [6, 6.07) is 14.9. The Morgan fingerprint density at radius 2 is 1.59 bits per heavy atom. The molecule has 6 amide bonds. The van der Waals surface area contributed by atoms with Crippen LogP contribution in [0.25, 0.3) is 0 Å². The summed E-state index contributed by atoms with van der Waals surface area (Å²) in [7, 11) is 1.45. The summed E-state index contributed by atoms with van der Waals surface area (Å²) in [6.07, 6.45) is 0. The molecule has 2 aromatic rings. The molecule has 0 aromatic heterocycles. The lowest BCUT2D eigenvalue weighted by Gasteiger charge is -2.48. The Morgan fingerprint density at radius 1 is 0.941 bits per heavy atom. The molecule has 178 valence electrons. The van der Waals surface area contributed by atoms with Gasteiger partial charge in [0.1, 0.15) is 6.73 Å². The van der Waals surface area contributed by atoms with E-state index in [1.807, 2.05) is 44.2 Å². The predicted octanol–water partition coefficient (Wildman–Crippen LogP) is 3.35. The first kappa shape index (κ1) is 23.4. The van der Waals surface area contributed by atoms with Crippen molar-refractivity contribution in [1.82, 2.24) is 14.7 Å². The molecule has 1 saturated heterocycles. The van der Waals surface area contributed by atoms with Gasteiger partial charge in [0.25, 0.3) is 5.91 Å². The Kier molecular flexibility index (Phi) is 6.14. The van der Waals surface area contributed by atoms with Gasteiger partial charge in [0.2, 0.25) is 11.6 Å². The minimum Gasteiger partial charge on any atom is -0.356 e. The van der Waals surface area contributed by atoms with Crippen molar-refractivity contribution in [3.8, 4) is 0 Å². The monoisotopic (exact) mass is 464 g/mol. The molecule has 2 aliphatic heterocycles. The summed E-state index contributed by atoms with van der Waals surface area (Å²) in [5, 5.41) is 0. The average molecular weight is 465 g/mol. The van der Waals surface area contributed by atoms with Crippen molar-refractivity contribution in [3.63, 3.8) is 0 Å². The van der Waals surface area contributed by atoms with Crippen LogP contribution in [0, 0.1) is 5.92 Å². The number of rotatable bonds is 6. The second kappa shape index (κ2) is 8.90. The molecule has 0 saturated carbocycles. The molecule has 4 rings (SSSR count). The molecule has 2 aliphatic rings. The van der Waals surface area contributed by atoms with Crippen LogP contribution in [-0.4, -0.2) is 58.9 Å². The zero-order chi connectivity index (χ0) is 24.6. The van der Waals surface area contributed by atoms with Gasteiger partial charge >= 0.3 is 12.1 Å². The lowest BCUT2D eigenvalue weighted by atomic mass is 9.91. The topological polar surface area (TPSA) is 90.5 Å². The molecule has 0 radical (unpaired) electrons. The van der Waals surface area contributed by atoms with Gasteiger partial charge in [-0.2, -0.15) is 0 Å². The van der Waals surface area contributed by atoms with Crippen molar-refractivity contribution in [2.24, 2.45) is 5.92 Å². The minimum absolute atomic E-state index is 0.159. The lowest BCUT2D eigenvalue weighted by Crippen LogP contribution is -2.66. The van der Waals surface area contributed by atoms with Gasteiger partial charge in [-0.25, -0.2) is 19.4 Å².